The molecule has 0 heterocycles. The Labute approximate surface area is 164 Å². The lowest BCUT2D eigenvalue weighted by Crippen LogP contribution is -2.16. The molecule has 0 spiro atoms. The minimum Gasteiger partial charge on any atom is -0.481 e. The lowest BCUT2D eigenvalue weighted by molar-refractivity contribution is -0.139. The van der Waals surface area contributed by atoms with Crippen LogP contribution in [0.5, 0.6) is 0 Å². The molecular formula is C21H25FO5P+. The Morgan fingerprint density at radius 3 is 2.32 bits per heavy atom. The van der Waals surface area contributed by atoms with Crippen molar-refractivity contribution in [2.45, 2.75) is 33.6 Å². The third-order valence-electron chi connectivity index (χ3n) is 4.58. The van der Waals surface area contributed by atoms with Crippen molar-refractivity contribution in [2.75, 3.05) is 12.3 Å². The minimum absolute atomic E-state index is 0.0184. The molecule has 0 aromatic heterocycles. The van der Waals surface area contributed by atoms with Crippen LogP contribution >= 0.6 is 7.72 Å². The van der Waals surface area contributed by atoms with Gasteiger partial charge in [-0.05, 0) is 60.7 Å². The van der Waals surface area contributed by atoms with Crippen molar-refractivity contribution >= 4 is 19.5 Å². The lowest BCUT2D eigenvalue weighted by Gasteiger charge is -2.17. The Hall–Kier alpha value is -2.14. The quantitative estimate of drug-likeness (QED) is 0.457. The number of hydrogen-bond donors (Lipinski definition) is 3. The number of ketones is 1. The summed E-state index contributed by atoms with van der Waals surface area (Å²) in [6, 6.07) is 8.81. The van der Waals surface area contributed by atoms with Crippen molar-refractivity contribution in [1.29, 1.82) is 0 Å². The number of carbonyl (C=O) groups excluding carboxylic acids is 1. The molecule has 7 heteroatoms. The predicted molar refractivity (Wildman–Crippen MR) is 108 cm³/mol. The molecule has 0 radical (unpaired) electrons. The third kappa shape index (κ3) is 5.93. The summed E-state index contributed by atoms with van der Waals surface area (Å²) in [5.41, 5.74) is 5.14. The van der Waals surface area contributed by atoms with E-state index < -0.39 is 32.1 Å². The number of aryl methyl sites for hydroxylation is 3. The number of aliphatic carboxylic acids is 1. The first-order valence-corrected chi connectivity index (χ1v) is 11.0. The summed E-state index contributed by atoms with van der Waals surface area (Å²) in [4.78, 5) is 42.7. The summed E-state index contributed by atoms with van der Waals surface area (Å²) in [7, 11) is -3.55. The van der Waals surface area contributed by atoms with E-state index in [-0.39, 0.29) is 12.0 Å². The highest BCUT2D eigenvalue weighted by molar-refractivity contribution is 7.65. The molecule has 2 rings (SSSR count). The highest BCUT2D eigenvalue weighted by atomic mass is 31.2. The smallest absolute Gasteiger partial charge is 0.311 e. The topological polar surface area (TPSA) is 94.8 Å². The van der Waals surface area contributed by atoms with Crippen LogP contribution in [0.3, 0.4) is 0 Å². The average molecular weight is 407 g/mol. The molecule has 28 heavy (non-hydrogen) atoms. The molecule has 3 N–H and O–H groups in total. The van der Waals surface area contributed by atoms with E-state index in [1.165, 1.54) is 6.07 Å². The molecule has 0 aliphatic heterocycles. The largest absolute Gasteiger partial charge is 0.481 e. The maximum absolute atomic E-state index is 13.7. The summed E-state index contributed by atoms with van der Waals surface area (Å²) < 4.78 is 13.7. The molecule has 0 atom stereocenters. The summed E-state index contributed by atoms with van der Waals surface area (Å²) in [5, 5.41) is 8.66. The molecular weight excluding hydrogens is 382 g/mol. The van der Waals surface area contributed by atoms with Crippen LogP contribution in [0, 0.1) is 26.6 Å². The van der Waals surface area contributed by atoms with Gasteiger partial charge in [0, 0.05) is 6.42 Å². The van der Waals surface area contributed by atoms with Crippen LogP contribution < -0.4 is 0 Å². The van der Waals surface area contributed by atoms with Crippen molar-refractivity contribution in [3.63, 3.8) is 0 Å². The first-order chi connectivity index (χ1) is 13.0. The first kappa shape index (κ1) is 22.2. The molecule has 0 aliphatic carbocycles. The molecule has 0 amide bonds. The minimum atomic E-state index is -3.55. The number of halogens is 1. The average Bonchev–Trinajstić information content (AvgIpc) is 2.54. The van der Waals surface area contributed by atoms with Crippen LogP contribution in [-0.4, -0.2) is 39.0 Å². The van der Waals surface area contributed by atoms with Crippen LogP contribution in [0.15, 0.2) is 30.3 Å². The van der Waals surface area contributed by atoms with Crippen LogP contribution in [0.4, 0.5) is 4.39 Å². The van der Waals surface area contributed by atoms with Gasteiger partial charge in [0.15, 0.2) is 11.9 Å². The highest BCUT2D eigenvalue weighted by Gasteiger charge is 2.36. The Morgan fingerprint density at radius 2 is 1.71 bits per heavy atom. The van der Waals surface area contributed by atoms with Crippen LogP contribution in [-0.2, 0) is 16.0 Å². The fourth-order valence-corrected chi connectivity index (χ4v) is 4.69. The summed E-state index contributed by atoms with van der Waals surface area (Å²) in [6.07, 6.45) is -0.948. The van der Waals surface area contributed by atoms with Gasteiger partial charge in [0.25, 0.3) is 7.72 Å². The van der Waals surface area contributed by atoms with Crippen molar-refractivity contribution in [3.05, 3.63) is 58.4 Å². The molecule has 0 bridgehead atoms. The molecule has 0 saturated heterocycles. The second kappa shape index (κ2) is 8.91. The monoisotopic (exact) mass is 407 g/mol. The molecule has 150 valence electrons. The standard InChI is InChI=1S/C21H24FO5P/c1-13-8-14(2)18(6-7-28(26,27)12-17(23)11-21(24)25)19(9-13)16-4-5-20(22)15(3)10-16/h4-5,8-10,26-27H,6-7,11-12H2,1-3H3/p+1. The van der Waals surface area contributed by atoms with E-state index in [1.807, 2.05) is 26.0 Å². The van der Waals surface area contributed by atoms with Crippen molar-refractivity contribution in [1.82, 2.24) is 0 Å². The zero-order valence-electron chi connectivity index (χ0n) is 16.2. The molecule has 0 fully saturated rings. The summed E-state index contributed by atoms with van der Waals surface area (Å²) in [5.74, 6) is -2.27. The third-order valence-corrected chi connectivity index (χ3v) is 6.38. The van der Waals surface area contributed by atoms with Gasteiger partial charge in [-0.15, -0.1) is 0 Å². The van der Waals surface area contributed by atoms with E-state index in [0.29, 0.717) is 12.0 Å². The van der Waals surface area contributed by atoms with Gasteiger partial charge in [0.1, 0.15) is 18.4 Å². The Kier molecular flexibility index (Phi) is 7.05. The molecule has 2 aromatic rings. The van der Waals surface area contributed by atoms with E-state index in [9.17, 15) is 23.8 Å². The van der Waals surface area contributed by atoms with Gasteiger partial charge < -0.3 is 5.11 Å². The number of rotatable bonds is 8. The van der Waals surface area contributed by atoms with Crippen molar-refractivity contribution < 1.29 is 28.9 Å². The van der Waals surface area contributed by atoms with Gasteiger partial charge >= 0.3 is 5.97 Å². The molecule has 0 aliphatic rings. The van der Waals surface area contributed by atoms with Gasteiger partial charge in [-0.3, -0.25) is 9.59 Å². The SMILES string of the molecule is Cc1cc(C)c(CC[P+](O)(O)CC(=O)CC(=O)O)c(-c2ccc(F)c(C)c2)c1. The molecule has 0 unspecified atom stereocenters. The van der Waals surface area contributed by atoms with Crippen molar-refractivity contribution in [2.24, 2.45) is 0 Å². The molecule has 0 saturated carbocycles. The number of carboxylic acids is 1. The first-order valence-electron chi connectivity index (χ1n) is 8.91. The molecule has 5 nitrogen and oxygen atoms in total. The van der Waals surface area contributed by atoms with Crippen molar-refractivity contribution in [3.8, 4) is 11.1 Å². The van der Waals surface area contributed by atoms with E-state index in [1.54, 1.807) is 19.1 Å². The number of carboxylic acid groups (broad SMARTS) is 1. The summed E-state index contributed by atoms with van der Waals surface area (Å²) in [6.45, 7) is 5.57. The van der Waals surface area contributed by atoms with Gasteiger partial charge in [-0.2, -0.15) is 0 Å². The highest BCUT2D eigenvalue weighted by Crippen LogP contribution is 2.50. The predicted octanol–water partition coefficient (Wildman–Crippen LogP) is 3.84. The van der Waals surface area contributed by atoms with E-state index >= 15 is 0 Å². The van der Waals surface area contributed by atoms with Crippen LogP contribution in [0.2, 0.25) is 0 Å². The van der Waals surface area contributed by atoms with E-state index in [4.69, 9.17) is 5.11 Å². The van der Waals surface area contributed by atoms with E-state index in [0.717, 1.165) is 27.8 Å². The number of hydrogen-bond acceptors (Lipinski definition) is 4. The van der Waals surface area contributed by atoms with Crippen LogP contribution in [0.1, 0.15) is 28.7 Å². The second-order valence-electron chi connectivity index (χ2n) is 7.19. The van der Waals surface area contributed by atoms with E-state index in [2.05, 4.69) is 0 Å². The number of carbonyl (C=O) groups is 2. The fourth-order valence-electron chi connectivity index (χ4n) is 3.28. The normalized spacial score (nSPS) is 11.5. The maximum atomic E-state index is 13.7. The van der Waals surface area contributed by atoms with Gasteiger partial charge in [0.05, 0.1) is 0 Å². The number of Topliss-reactive ketones (excluding diaryl/α,β-unsaturated/α-hetero) is 1. The second-order valence-corrected chi connectivity index (χ2v) is 9.71. The maximum Gasteiger partial charge on any atom is 0.311 e. The van der Waals surface area contributed by atoms with Crippen LogP contribution in [0.25, 0.3) is 11.1 Å². The Morgan fingerprint density at radius 1 is 1.04 bits per heavy atom. The summed E-state index contributed by atoms with van der Waals surface area (Å²) >= 11 is 0. The Balaban J connectivity index is 2.29. The lowest BCUT2D eigenvalue weighted by atomic mass is 9.91. The zero-order valence-corrected chi connectivity index (χ0v) is 17.1. The van der Waals surface area contributed by atoms with Gasteiger partial charge in [-0.1, -0.05) is 23.8 Å². The van der Waals surface area contributed by atoms with Gasteiger partial charge in [0.2, 0.25) is 0 Å². The van der Waals surface area contributed by atoms with Gasteiger partial charge in [-0.25, -0.2) is 14.2 Å². The number of benzene rings is 2. The Bertz CT molecular complexity index is 908. The fraction of sp³-hybridized carbons (Fsp3) is 0.333. The molecule has 2 aromatic carbocycles. The zero-order chi connectivity index (χ0) is 21.1.